The highest BCUT2D eigenvalue weighted by molar-refractivity contribution is 5.95. The molecule has 0 saturated carbocycles. The van der Waals surface area contributed by atoms with Gasteiger partial charge < -0.3 is 17.2 Å². The number of primary amides is 1. The van der Waals surface area contributed by atoms with Crippen LogP contribution in [0.15, 0.2) is 12.2 Å². The molecule has 6 N–H and O–H groups in total. The molecule has 0 rings (SSSR count). The molecule has 0 fully saturated rings. The summed E-state index contributed by atoms with van der Waals surface area (Å²) in [5.74, 6) is -0.901. The molecule has 0 spiro atoms. The first-order valence-corrected chi connectivity index (χ1v) is 3.42. The van der Waals surface area contributed by atoms with Crippen LogP contribution in [0.2, 0.25) is 0 Å². The lowest BCUT2D eigenvalue weighted by Crippen LogP contribution is -2.22. The van der Waals surface area contributed by atoms with Crippen molar-refractivity contribution in [3.63, 3.8) is 0 Å². The van der Waals surface area contributed by atoms with E-state index in [1.807, 2.05) is 6.92 Å². The zero-order chi connectivity index (χ0) is 8.69. The SMILES string of the molecule is CCCNC(=O)/C=C\C(N)=O.N. The molecule has 70 valence electrons. The monoisotopic (exact) mass is 173 g/mol. The average Bonchev–Trinajstić information content (AvgIpc) is 1.97. The largest absolute Gasteiger partial charge is 0.366 e. The lowest BCUT2D eigenvalue weighted by Gasteiger charge is -1.95. The predicted octanol–water partition coefficient (Wildman–Crippen LogP) is -0.284. The average molecular weight is 173 g/mol. The van der Waals surface area contributed by atoms with Gasteiger partial charge in [-0.2, -0.15) is 0 Å². The Kier molecular flexibility index (Phi) is 8.55. The normalized spacial score (nSPS) is 9.08. The summed E-state index contributed by atoms with van der Waals surface area (Å²) in [4.78, 5) is 20.8. The lowest BCUT2D eigenvalue weighted by molar-refractivity contribution is -0.117. The van der Waals surface area contributed by atoms with E-state index in [2.05, 4.69) is 5.32 Å². The summed E-state index contributed by atoms with van der Waals surface area (Å²) in [5, 5.41) is 2.55. The zero-order valence-corrected chi connectivity index (χ0v) is 7.17. The van der Waals surface area contributed by atoms with Gasteiger partial charge in [-0.15, -0.1) is 0 Å². The first-order valence-electron chi connectivity index (χ1n) is 3.42. The lowest BCUT2D eigenvalue weighted by atomic mass is 10.4. The summed E-state index contributed by atoms with van der Waals surface area (Å²) in [7, 11) is 0. The van der Waals surface area contributed by atoms with Gasteiger partial charge in [-0.1, -0.05) is 6.92 Å². The molecule has 0 aliphatic carbocycles. The molecule has 0 aromatic carbocycles. The van der Waals surface area contributed by atoms with Gasteiger partial charge in [0, 0.05) is 18.7 Å². The maximum atomic E-state index is 10.7. The first kappa shape index (κ1) is 13.2. The van der Waals surface area contributed by atoms with Gasteiger partial charge in [0.1, 0.15) is 0 Å². The topological polar surface area (TPSA) is 107 Å². The molecule has 12 heavy (non-hydrogen) atoms. The fourth-order valence-corrected chi connectivity index (χ4v) is 0.465. The molecule has 5 heteroatoms. The van der Waals surface area contributed by atoms with E-state index < -0.39 is 5.91 Å². The second-order valence-electron chi connectivity index (χ2n) is 2.03. The Balaban J connectivity index is 0. The second kappa shape index (κ2) is 7.74. The Morgan fingerprint density at radius 2 is 2.00 bits per heavy atom. The van der Waals surface area contributed by atoms with Crippen molar-refractivity contribution in [2.24, 2.45) is 5.73 Å². The van der Waals surface area contributed by atoms with E-state index in [0.717, 1.165) is 18.6 Å². The first-order chi connectivity index (χ1) is 5.16. The molecule has 0 bridgehead atoms. The van der Waals surface area contributed by atoms with Crippen LogP contribution in [-0.2, 0) is 9.59 Å². The van der Waals surface area contributed by atoms with Crippen LogP contribution in [0.5, 0.6) is 0 Å². The second-order valence-corrected chi connectivity index (χ2v) is 2.03. The third-order valence-corrected chi connectivity index (χ3v) is 0.948. The summed E-state index contributed by atoms with van der Waals surface area (Å²) >= 11 is 0. The molecule has 0 aliphatic rings. The van der Waals surface area contributed by atoms with Crippen LogP contribution in [0.1, 0.15) is 13.3 Å². The Bertz CT molecular complexity index is 177. The summed E-state index contributed by atoms with van der Waals surface area (Å²) < 4.78 is 0. The van der Waals surface area contributed by atoms with Gasteiger partial charge in [0.15, 0.2) is 0 Å². The molecule has 0 heterocycles. The Morgan fingerprint density at radius 1 is 1.42 bits per heavy atom. The fourth-order valence-electron chi connectivity index (χ4n) is 0.465. The quantitative estimate of drug-likeness (QED) is 0.508. The van der Waals surface area contributed by atoms with Crippen LogP contribution in [-0.4, -0.2) is 18.4 Å². The van der Waals surface area contributed by atoms with Gasteiger partial charge in [-0.25, -0.2) is 0 Å². The maximum absolute atomic E-state index is 10.7. The van der Waals surface area contributed by atoms with Gasteiger partial charge in [0.2, 0.25) is 11.8 Å². The molecule has 0 saturated heterocycles. The van der Waals surface area contributed by atoms with Crippen LogP contribution in [0.4, 0.5) is 0 Å². The smallest absolute Gasteiger partial charge is 0.244 e. The van der Waals surface area contributed by atoms with Crippen molar-refractivity contribution in [3.8, 4) is 0 Å². The summed E-state index contributed by atoms with van der Waals surface area (Å²) in [6, 6.07) is 0. The van der Waals surface area contributed by atoms with Crippen molar-refractivity contribution < 1.29 is 9.59 Å². The number of carbonyl (C=O) groups is 2. The van der Waals surface area contributed by atoms with E-state index in [1.54, 1.807) is 0 Å². The number of amides is 2. The van der Waals surface area contributed by atoms with Crippen molar-refractivity contribution >= 4 is 11.8 Å². The highest BCUT2D eigenvalue weighted by atomic mass is 16.2. The van der Waals surface area contributed by atoms with Crippen molar-refractivity contribution in [2.75, 3.05) is 6.54 Å². The maximum Gasteiger partial charge on any atom is 0.244 e. The van der Waals surface area contributed by atoms with Crippen molar-refractivity contribution in [3.05, 3.63) is 12.2 Å². The number of nitrogens with one attached hydrogen (secondary N) is 1. The summed E-state index contributed by atoms with van der Waals surface area (Å²) in [6.45, 7) is 2.56. The van der Waals surface area contributed by atoms with E-state index in [-0.39, 0.29) is 12.1 Å². The molecule has 0 aromatic heterocycles. The number of rotatable bonds is 4. The van der Waals surface area contributed by atoms with Crippen LogP contribution < -0.4 is 17.2 Å². The zero-order valence-electron chi connectivity index (χ0n) is 7.17. The molecule has 0 unspecified atom stereocenters. The molecular weight excluding hydrogens is 158 g/mol. The highest BCUT2D eigenvalue weighted by Gasteiger charge is 1.92. The number of hydrogen-bond acceptors (Lipinski definition) is 3. The van der Waals surface area contributed by atoms with Crippen molar-refractivity contribution in [2.45, 2.75) is 13.3 Å². The summed E-state index contributed by atoms with van der Waals surface area (Å²) in [5.41, 5.74) is 4.76. The number of nitrogens with two attached hydrogens (primary N) is 1. The molecule has 0 atom stereocenters. The minimum absolute atomic E-state index is 0. The summed E-state index contributed by atoms with van der Waals surface area (Å²) in [6.07, 6.45) is 3.03. The highest BCUT2D eigenvalue weighted by Crippen LogP contribution is 1.74. The molecular formula is C7H15N3O2. The van der Waals surface area contributed by atoms with E-state index in [4.69, 9.17) is 5.73 Å². The predicted molar refractivity (Wildman–Crippen MR) is 46.7 cm³/mol. The molecule has 0 aliphatic heterocycles. The van der Waals surface area contributed by atoms with Crippen molar-refractivity contribution in [1.82, 2.24) is 11.5 Å². The third kappa shape index (κ3) is 8.64. The van der Waals surface area contributed by atoms with Crippen LogP contribution in [0.3, 0.4) is 0 Å². The van der Waals surface area contributed by atoms with Crippen LogP contribution in [0, 0.1) is 0 Å². The van der Waals surface area contributed by atoms with Gasteiger partial charge in [0.05, 0.1) is 0 Å². The van der Waals surface area contributed by atoms with Crippen LogP contribution in [0.25, 0.3) is 0 Å². The minimum Gasteiger partial charge on any atom is -0.366 e. The van der Waals surface area contributed by atoms with E-state index in [0.29, 0.717) is 6.54 Å². The Morgan fingerprint density at radius 3 is 2.42 bits per heavy atom. The van der Waals surface area contributed by atoms with E-state index >= 15 is 0 Å². The molecule has 5 nitrogen and oxygen atoms in total. The number of carbonyl (C=O) groups excluding carboxylic acids is 2. The van der Waals surface area contributed by atoms with Crippen molar-refractivity contribution in [1.29, 1.82) is 0 Å². The minimum atomic E-state index is -0.614. The third-order valence-electron chi connectivity index (χ3n) is 0.948. The molecule has 0 radical (unpaired) electrons. The fraction of sp³-hybridized carbons (Fsp3) is 0.429. The number of hydrogen-bond donors (Lipinski definition) is 3. The van der Waals surface area contributed by atoms with Crippen LogP contribution >= 0.6 is 0 Å². The standard InChI is InChI=1S/C7H12N2O2.H3N/c1-2-5-9-7(11)4-3-6(8)10;/h3-4H,2,5H2,1H3,(H2,8,10)(H,9,11);1H3/b4-3-;. The molecule has 0 aromatic rings. The Hall–Kier alpha value is -1.36. The Labute approximate surface area is 71.6 Å². The van der Waals surface area contributed by atoms with Gasteiger partial charge in [-0.05, 0) is 6.42 Å². The van der Waals surface area contributed by atoms with E-state index in [9.17, 15) is 9.59 Å². The van der Waals surface area contributed by atoms with Gasteiger partial charge >= 0.3 is 0 Å². The molecule has 2 amide bonds. The van der Waals surface area contributed by atoms with Gasteiger partial charge in [-0.3, -0.25) is 9.59 Å². The van der Waals surface area contributed by atoms with Gasteiger partial charge in [0.25, 0.3) is 0 Å². The van der Waals surface area contributed by atoms with E-state index in [1.165, 1.54) is 0 Å².